The molecule has 0 spiro atoms. The number of unbranched alkanes of at least 4 members (excludes halogenated alkanes) is 1. The lowest BCUT2D eigenvalue weighted by atomic mass is 10.1. The fraction of sp³-hybridized carbons (Fsp3) is 0.467. The standard InChI is InChI=1S/C15H22O2/c1-2-3-7-14(12-16)10-11-17-13-15-8-5-4-6-9-15/h4-6,8-10,16H,2-3,7,11-13H2,1H3/b14-10+. The molecule has 0 aromatic heterocycles. The second-order valence-corrected chi connectivity index (χ2v) is 4.12. The lowest BCUT2D eigenvalue weighted by Gasteiger charge is -2.04. The second kappa shape index (κ2) is 8.97. The summed E-state index contributed by atoms with van der Waals surface area (Å²) in [7, 11) is 0. The van der Waals surface area contributed by atoms with Gasteiger partial charge in [0.2, 0.25) is 0 Å². The third-order valence-electron chi connectivity index (χ3n) is 2.66. The molecule has 0 amide bonds. The van der Waals surface area contributed by atoms with E-state index in [-0.39, 0.29) is 6.61 Å². The average molecular weight is 234 g/mol. The molecule has 1 rings (SSSR count). The third-order valence-corrected chi connectivity index (χ3v) is 2.66. The van der Waals surface area contributed by atoms with Crippen LogP contribution in [-0.4, -0.2) is 18.3 Å². The van der Waals surface area contributed by atoms with Gasteiger partial charge in [0.15, 0.2) is 0 Å². The number of hydrogen-bond donors (Lipinski definition) is 1. The Morgan fingerprint density at radius 3 is 2.71 bits per heavy atom. The number of rotatable bonds is 8. The number of aliphatic hydroxyl groups excluding tert-OH is 1. The molecule has 0 saturated heterocycles. The summed E-state index contributed by atoms with van der Waals surface area (Å²) in [5.74, 6) is 0. The van der Waals surface area contributed by atoms with Gasteiger partial charge in [-0.25, -0.2) is 0 Å². The van der Waals surface area contributed by atoms with Gasteiger partial charge in [0.25, 0.3) is 0 Å². The van der Waals surface area contributed by atoms with Gasteiger partial charge >= 0.3 is 0 Å². The van der Waals surface area contributed by atoms with E-state index in [1.165, 1.54) is 5.56 Å². The zero-order valence-electron chi connectivity index (χ0n) is 10.6. The van der Waals surface area contributed by atoms with Gasteiger partial charge in [0.05, 0.1) is 19.8 Å². The van der Waals surface area contributed by atoms with E-state index in [0.29, 0.717) is 13.2 Å². The van der Waals surface area contributed by atoms with E-state index in [9.17, 15) is 0 Å². The normalized spacial score (nSPS) is 11.8. The summed E-state index contributed by atoms with van der Waals surface area (Å²) in [5, 5.41) is 9.15. The molecule has 0 bridgehead atoms. The van der Waals surface area contributed by atoms with Gasteiger partial charge in [-0.15, -0.1) is 0 Å². The predicted molar refractivity (Wildman–Crippen MR) is 70.8 cm³/mol. The van der Waals surface area contributed by atoms with Crippen molar-refractivity contribution in [1.82, 2.24) is 0 Å². The molecule has 0 aliphatic carbocycles. The lowest BCUT2D eigenvalue weighted by Crippen LogP contribution is -1.97. The molecule has 0 aliphatic heterocycles. The van der Waals surface area contributed by atoms with Gasteiger partial charge in [-0.3, -0.25) is 0 Å². The van der Waals surface area contributed by atoms with Crippen molar-refractivity contribution in [2.24, 2.45) is 0 Å². The molecule has 1 aromatic carbocycles. The first kappa shape index (κ1) is 13.9. The van der Waals surface area contributed by atoms with Gasteiger partial charge < -0.3 is 9.84 Å². The highest BCUT2D eigenvalue weighted by Gasteiger charge is 1.95. The lowest BCUT2D eigenvalue weighted by molar-refractivity contribution is 0.147. The largest absolute Gasteiger partial charge is 0.392 e. The third kappa shape index (κ3) is 6.25. The Hall–Kier alpha value is -1.12. The molecule has 0 aliphatic rings. The van der Waals surface area contributed by atoms with Gasteiger partial charge in [-0.2, -0.15) is 0 Å². The van der Waals surface area contributed by atoms with Crippen molar-refractivity contribution in [2.75, 3.05) is 13.2 Å². The van der Waals surface area contributed by atoms with Crippen LogP contribution in [0.15, 0.2) is 42.0 Å². The molecule has 0 unspecified atom stereocenters. The molecule has 1 N–H and O–H groups in total. The van der Waals surface area contributed by atoms with E-state index in [2.05, 4.69) is 6.92 Å². The van der Waals surface area contributed by atoms with Crippen LogP contribution in [0.3, 0.4) is 0 Å². The maximum Gasteiger partial charge on any atom is 0.0721 e. The minimum Gasteiger partial charge on any atom is -0.392 e. The molecule has 1 aromatic rings. The molecule has 17 heavy (non-hydrogen) atoms. The maximum absolute atomic E-state index is 9.15. The highest BCUT2D eigenvalue weighted by Crippen LogP contribution is 2.07. The minimum atomic E-state index is 0.148. The summed E-state index contributed by atoms with van der Waals surface area (Å²) in [6.07, 6.45) is 5.26. The molecule has 2 heteroatoms. The van der Waals surface area contributed by atoms with E-state index in [1.807, 2.05) is 36.4 Å². The Morgan fingerprint density at radius 1 is 1.29 bits per heavy atom. The van der Waals surface area contributed by atoms with Crippen molar-refractivity contribution in [3.8, 4) is 0 Å². The summed E-state index contributed by atoms with van der Waals surface area (Å²) >= 11 is 0. The fourth-order valence-electron chi connectivity index (χ4n) is 1.58. The van der Waals surface area contributed by atoms with Crippen molar-refractivity contribution in [2.45, 2.75) is 32.8 Å². The van der Waals surface area contributed by atoms with Crippen LogP contribution in [0.1, 0.15) is 31.7 Å². The Labute approximate surface area is 104 Å². The quantitative estimate of drug-likeness (QED) is 0.552. The van der Waals surface area contributed by atoms with Gasteiger partial charge in [-0.1, -0.05) is 49.8 Å². The Kier molecular flexibility index (Phi) is 7.35. The van der Waals surface area contributed by atoms with Crippen molar-refractivity contribution in [1.29, 1.82) is 0 Å². The number of hydrogen-bond acceptors (Lipinski definition) is 2. The highest BCUT2D eigenvalue weighted by molar-refractivity contribution is 5.13. The molecule has 2 nitrogen and oxygen atoms in total. The van der Waals surface area contributed by atoms with Crippen LogP contribution in [0.5, 0.6) is 0 Å². The van der Waals surface area contributed by atoms with Crippen molar-refractivity contribution in [3.63, 3.8) is 0 Å². The highest BCUT2D eigenvalue weighted by atomic mass is 16.5. The molecule has 0 radical (unpaired) electrons. The Balaban J connectivity index is 2.23. The monoisotopic (exact) mass is 234 g/mol. The molecule has 0 heterocycles. The van der Waals surface area contributed by atoms with Gasteiger partial charge in [0, 0.05) is 0 Å². The van der Waals surface area contributed by atoms with Crippen LogP contribution in [0.25, 0.3) is 0 Å². The average Bonchev–Trinajstić information content (AvgIpc) is 2.39. The maximum atomic E-state index is 9.15. The van der Waals surface area contributed by atoms with E-state index >= 15 is 0 Å². The van der Waals surface area contributed by atoms with Gasteiger partial charge in [-0.05, 0) is 24.0 Å². The Bertz CT molecular complexity index is 317. The van der Waals surface area contributed by atoms with Crippen LogP contribution in [0.2, 0.25) is 0 Å². The van der Waals surface area contributed by atoms with Crippen LogP contribution in [0.4, 0.5) is 0 Å². The van der Waals surface area contributed by atoms with E-state index in [0.717, 1.165) is 24.8 Å². The first-order chi connectivity index (χ1) is 8.36. The van der Waals surface area contributed by atoms with Crippen molar-refractivity contribution >= 4 is 0 Å². The Morgan fingerprint density at radius 2 is 2.06 bits per heavy atom. The van der Waals surface area contributed by atoms with Crippen molar-refractivity contribution < 1.29 is 9.84 Å². The first-order valence-corrected chi connectivity index (χ1v) is 6.27. The molecule has 0 fully saturated rings. The molecule has 0 atom stereocenters. The van der Waals surface area contributed by atoms with Crippen LogP contribution in [0, 0.1) is 0 Å². The molecule has 0 saturated carbocycles. The van der Waals surface area contributed by atoms with Gasteiger partial charge in [0.1, 0.15) is 0 Å². The first-order valence-electron chi connectivity index (χ1n) is 6.27. The second-order valence-electron chi connectivity index (χ2n) is 4.12. The minimum absolute atomic E-state index is 0.148. The molecule has 94 valence electrons. The summed E-state index contributed by atoms with van der Waals surface area (Å²) in [6, 6.07) is 10.1. The number of benzene rings is 1. The molecular weight excluding hydrogens is 212 g/mol. The van der Waals surface area contributed by atoms with E-state index < -0.39 is 0 Å². The zero-order valence-corrected chi connectivity index (χ0v) is 10.6. The SMILES string of the molecule is CCCC/C(=C\COCc1ccccc1)CO. The molecular formula is C15H22O2. The number of aliphatic hydroxyl groups is 1. The summed E-state index contributed by atoms with van der Waals surface area (Å²) in [4.78, 5) is 0. The number of ether oxygens (including phenoxy) is 1. The summed E-state index contributed by atoms with van der Waals surface area (Å²) < 4.78 is 5.54. The smallest absolute Gasteiger partial charge is 0.0721 e. The van der Waals surface area contributed by atoms with Crippen molar-refractivity contribution in [3.05, 3.63) is 47.5 Å². The fourth-order valence-corrected chi connectivity index (χ4v) is 1.58. The predicted octanol–water partition coefficient (Wildman–Crippen LogP) is 3.31. The zero-order chi connectivity index (χ0) is 12.3. The van der Waals surface area contributed by atoms with Crippen LogP contribution < -0.4 is 0 Å². The summed E-state index contributed by atoms with van der Waals surface area (Å²) in [6.45, 7) is 3.51. The van der Waals surface area contributed by atoms with E-state index in [4.69, 9.17) is 9.84 Å². The van der Waals surface area contributed by atoms with Crippen LogP contribution >= 0.6 is 0 Å². The topological polar surface area (TPSA) is 29.5 Å². The van der Waals surface area contributed by atoms with Crippen LogP contribution in [-0.2, 0) is 11.3 Å². The van der Waals surface area contributed by atoms with E-state index in [1.54, 1.807) is 0 Å². The summed E-state index contributed by atoms with van der Waals surface area (Å²) in [5.41, 5.74) is 2.26.